The van der Waals surface area contributed by atoms with Crippen LogP contribution in [-0.2, 0) is 19.4 Å². The third kappa shape index (κ3) is 3.67. The number of sulfone groups is 1. The van der Waals surface area contributed by atoms with E-state index < -0.39 is 15.7 Å². The number of carbonyl (C=O) groups is 1. The molecule has 0 bridgehead atoms. The Hall–Kier alpha value is -1.78. The second kappa shape index (κ2) is 7.45. The number of ether oxygens (including phenoxy) is 3. The van der Waals surface area contributed by atoms with Crippen LogP contribution in [0.5, 0.6) is 11.5 Å². The highest BCUT2D eigenvalue weighted by Crippen LogP contribution is 2.44. The number of amides is 1. The van der Waals surface area contributed by atoms with Gasteiger partial charge in [0.2, 0.25) is 0 Å². The molecule has 0 radical (unpaired) electrons. The molecule has 1 amide bonds. The van der Waals surface area contributed by atoms with Crippen LogP contribution >= 0.6 is 11.8 Å². The van der Waals surface area contributed by atoms with Gasteiger partial charge in [-0.25, -0.2) is 8.42 Å². The van der Waals surface area contributed by atoms with Crippen LogP contribution in [0.3, 0.4) is 0 Å². The number of amidine groups is 1. The average Bonchev–Trinajstić information content (AvgIpc) is 3.05. The highest BCUT2D eigenvalue weighted by Gasteiger charge is 2.50. The van der Waals surface area contributed by atoms with Crippen molar-refractivity contribution in [1.82, 2.24) is 0 Å². The van der Waals surface area contributed by atoms with E-state index in [2.05, 4.69) is 4.99 Å². The predicted octanol–water partition coefficient (Wildman–Crippen LogP) is 0.952. The summed E-state index contributed by atoms with van der Waals surface area (Å²) < 4.78 is 39.8. The van der Waals surface area contributed by atoms with Crippen molar-refractivity contribution in [2.24, 2.45) is 4.99 Å². The molecule has 8 nitrogen and oxygen atoms in total. The number of methoxy groups -OCH3 is 3. The number of rotatable bonds is 5. The quantitative estimate of drug-likeness (QED) is 0.721. The number of fused-ring (bicyclic) bond motifs is 1. The van der Waals surface area contributed by atoms with Gasteiger partial charge in [0, 0.05) is 18.4 Å². The smallest absolute Gasteiger partial charge is 0.274 e. The first-order valence-corrected chi connectivity index (χ1v) is 10.6. The van der Waals surface area contributed by atoms with Gasteiger partial charge in [0.15, 0.2) is 15.0 Å². The Kier molecular flexibility index (Phi) is 5.44. The highest BCUT2D eigenvalue weighted by molar-refractivity contribution is 8.16. The molecule has 3 rings (SSSR count). The molecule has 0 aromatic heterocycles. The first-order chi connectivity index (χ1) is 12.4. The van der Waals surface area contributed by atoms with E-state index in [4.69, 9.17) is 14.2 Å². The summed E-state index contributed by atoms with van der Waals surface area (Å²) >= 11 is 1.30. The minimum absolute atomic E-state index is 0.00250. The molecule has 0 aliphatic carbocycles. The SMILES string of the molecule is COCC(=O)N=C1S[C@@H]2CS(=O)(=O)C[C@@H]2N1c1cc(OC)ccc1OC. The number of thioether (sulfide) groups is 1. The van der Waals surface area contributed by atoms with Gasteiger partial charge in [-0.1, -0.05) is 11.8 Å². The average molecular weight is 400 g/mol. The second-order valence-corrected chi connectivity index (χ2v) is 9.29. The molecule has 2 aliphatic heterocycles. The van der Waals surface area contributed by atoms with Gasteiger partial charge >= 0.3 is 0 Å². The van der Waals surface area contributed by atoms with Crippen LogP contribution in [0.25, 0.3) is 0 Å². The van der Waals surface area contributed by atoms with Crippen molar-refractivity contribution in [3.63, 3.8) is 0 Å². The van der Waals surface area contributed by atoms with Crippen LogP contribution in [-0.4, -0.2) is 70.2 Å². The van der Waals surface area contributed by atoms with E-state index >= 15 is 0 Å². The molecular weight excluding hydrogens is 380 g/mol. The number of benzene rings is 1. The van der Waals surface area contributed by atoms with Gasteiger partial charge in [-0.05, 0) is 12.1 Å². The summed E-state index contributed by atoms with van der Waals surface area (Å²) in [6.07, 6.45) is 0. The third-order valence-electron chi connectivity index (χ3n) is 4.20. The standard InChI is InChI=1S/C16H20N2O6S2/c1-22-7-15(19)17-16-18(12-8-26(20,21)9-14(12)25-16)11-6-10(23-2)4-5-13(11)24-3/h4-6,12,14H,7-9H2,1-3H3/t12-,14+/m0/s1. The first-order valence-electron chi connectivity index (χ1n) is 7.87. The topological polar surface area (TPSA) is 94.5 Å². The van der Waals surface area contributed by atoms with Crippen molar-refractivity contribution in [2.45, 2.75) is 11.3 Å². The summed E-state index contributed by atoms with van der Waals surface area (Å²) in [5, 5.41) is 0.258. The Bertz CT molecular complexity index is 839. The van der Waals surface area contributed by atoms with Crippen LogP contribution in [0.15, 0.2) is 23.2 Å². The maximum absolute atomic E-state index is 12.1. The monoisotopic (exact) mass is 400 g/mol. The molecule has 1 aromatic rings. The molecule has 142 valence electrons. The van der Waals surface area contributed by atoms with E-state index in [-0.39, 0.29) is 29.4 Å². The molecule has 0 saturated carbocycles. The van der Waals surface area contributed by atoms with Crippen molar-refractivity contribution in [1.29, 1.82) is 0 Å². The van der Waals surface area contributed by atoms with E-state index in [1.165, 1.54) is 26.0 Å². The largest absolute Gasteiger partial charge is 0.497 e. The van der Waals surface area contributed by atoms with Crippen molar-refractivity contribution < 1.29 is 27.4 Å². The van der Waals surface area contributed by atoms with E-state index in [9.17, 15) is 13.2 Å². The molecule has 10 heteroatoms. The number of aliphatic imine (C=N–C) groups is 1. The van der Waals surface area contributed by atoms with Crippen molar-refractivity contribution in [3.8, 4) is 11.5 Å². The van der Waals surface area contributed by atoms with Gasteiger partial charge in [-0.15, -0.1) is 0 Å². The third-order valence-corrected chi connectivity index (χ3v) is 7.41. The Morgan fingerprint density at radius 2 is 2.04 bits per heavy atom. The lowest BCUT2D eigenvalue weighted by Gasteiger charge is -2.26. The summed E-state index contributed by atoms with van der Waals surface area (Å²) in [6, 6.07) is 4.93. The van der Waals surface area contributed by atoms with Crippen LogP contribution in [0, 0.1) is 0 Å². The lowest BCUT2D eigenvalue weighted by molar-refractivity contribution is -0.121. The lowest BCUT2D eigenvalue weighted by atomic mass is 10.2. The summed E-state index contributed by atoms with van der Waals surface area (Å²) in [5.74, 6) is 0.774. The molecule has 2 heterocycles. The molecule has 0 spiro atoms. The Morgan fingerprint density at radius 1 is 1.27 bits per heavy atom. The molecule has 0 N–H and O–H groups in total. The summed E-state index contributed by atoms with van der Waals surface area (Å²) in [4.78, 5) is 17.9. The van der Waals surface area contributed by atoms with Crippen LogP contribution in [0.4, 0.5) is 5.69 Å². The predicted molar refractivity (Wildman–Crippen MR) is 100 cm³/mol. The van der Waals surface area contributed by atoms with E-state index in [1.807, 2.05) is 0 Å². The number of hydrogen-bond acceptors (Lipinski definition) is 7. The van der Waals surface area contributed by atoms with Crippen molar-refractivity contribution in [2.75, 3.05) is 44.3 Å². The van der Waals surface area contributed by atoms with Crippen LogP contribution in [0.2, 0.25) is 0 Å². The van der Waals surface area contributed by atoms with E-state index in [1.54, 1.807) is 30.2 Å². The summed E-state index contributed by atoms with van der Waals surface area (Å²) in [7, 11) is 1.36. The molecule has 2 aliphatic rings. The minimum atomic E-state index is -3.14. The number of nitrogens with zero attached hydrogens (tertiary/aromatic N) is 2. The highest BCUT2D eigenvalue weighted by atomic mass is 32.2. The molecule has 2 fully saturated rings. The maximum atomic E-state index is 12.1. The number of anilines is 1. The lowest BCUT2D eigenvalue weighted by Crippen LogP contribution is -2.38. The van der Waals surface area contributed by atoms with Crippen LogP contribution < -0.4 is 14.4 Å². The van der Waals surface area contributed by atoms with Gasteiger partial charge < -0.3 is 19.1 Å². The molecule has 26 heavy (non-hydrogen) atoms. The van der Waals surface area contributed by atoms with Gasteiger partial charge in [0.1, 0.15) is 18.1 Å². The fourth-order valence-corrected chi connectivity index (χ4v) is 7.02. The molecular formula is C16H20N2O6S2. The fourth-order valence-electron chi connectivity index (χ4n) is 3.09. The van der Waals surface area contributed by atoms with Gasteiger partial charge in [-0.3, -0.25) is 4.79 Å². The maximum Gasteiger partial charge on any atom is 0.274 e. The fraction of sp³-hybridized carbons (Fsp3) is 0.500. The molecule has 2 atom stereocenters. The zero-order chi connectivity index (χ0) is 18.9. The Balaban J connectivity index is 2.08. The van der Waals surface area contributed by atoms with Crippen LogP contribution in [0.1, 0.15) is 0 Å². The second-order valence-electron chi connectivity index (χ2n) is 5.93. The molecule has 1 aromatic carbocycles. The van der Waals surface area contributed by atoms with Crippen molar-refractivity contribution >= 4 is 38.4 Å². The molecule has 0 unspecified atom stereocenters. The number of hydrogen-bond donors (Lipinski definition) is 0. The van der Waals surface area contributed by atoms with Gasteiger partial charge in [-0.2, -0.15) is 4.99 Å². The van der Waals surface area contributed by atoms with E-state index in [0.717, 1.165) is 0 Å². The summed E-state index contributed by atoms with van der Waals surface area (Å²) in [5.41, 5.74) is 0.618. The zero-order valence-electron chi connectivity index (χ0n) is 14.7. The first kappa shape index (κ1) is 19.0. The normalized spacial score (nSPS) is 25.3. The molecule has 2 saturated heterocycles. The Labute approximate surface area is 156 Å². The van der Waals surface area contributed by atoms with E-state index in [0.29, 0.717) is 22.4 Å². The summed E-state index contributed by atoms with van der Waals surface area (Å²) in [6.45, 7) is -0.138. The van der Waals surface area contributed by atoms with Crippen molar-refractivity contribution in [3.05, 3.63) is 18.2 Å². The Morgan fingerprint density at radius 3 is 2.69 bits per heavy atom. The van der Waals surface area contributed by atoms with Gasteiger partial charge in [0.25, 0.3) is 5.91 Å². The van der Waals surface area contributed by atoms with Gasteiger partial charge in [0.05, 0.1) is 37.5 Å². The zero-order valence-corrected chi connectivity index (χ0v) is 16.3. The number of carbonyl (C=O) groups excluding carboxylic acids is 1. The minimum Gasteiger partial charge on any atom is -0.497 e.